The van der Waals surface area contributed by atoms with E-state index in [1.165, 1.54) is 17.7 Å². The van der Waals surface area contributed by atoms with Crippen molar-refractivity contribution < 1.29 is 14.3 Å². The molecule has 0 aliphatic carbocycles. The van der Waals surface area contributed by atoms with E-state index in [1.54, 1.807) is 7.05 Å². The van der Waals surface area contributed by atoms with Crippen molar-refractivity contribution in [1.29, 1.82) is 0 Å². The summed E-state index contributed by atoms with van der Waals surface area (Å²) >= 11 is 0. The van der Waals surface area contributed by atoms with Crippen LogP contribution in [-0.4, -0.2) is 42.4 Å². The van der Waals surface area contributed by atoms with Crippen LogP contribution < -0.4 is 5.73 Å². The van der Waals surface area contributed by atoms with Gasteiger partial charge in [0.2, 0.25) is 5.91 Å². The number of carbonyl (C=O) groups excluding carboxylic acids is 2. The second-order valence-corrected chi connectivity index (χ2v) is 6.03. The second-order valence-electron chi connectivity index (χ2n) is 6.03. The van der Waals surface area contributed by atoms with E-state index in [0.717, 1.165) is 38.5 Å². The summed E-state index contributed by atoms with van der Waals surface area (Å²) in [7, 11) is 1.63. The van der Waals surface area contributed by atoms with Gasteiger partial charge in [0.15, 0.2) is 5.96 Å². The number of nitrogens with zero attached hydrogens (tertiary/aromatic N) is 2. The molecule has 2 N–H and O–H groups in total. The molecule has 23 heavy (non-hydrogen) atoms. The highest BCUT2D eigenvalue weighted by molar-refractivity contribution is 5.93. The SMILES string of the molecule is C[C@@H]1CCCCCCCCCC(=O)N=C(N)N(C)CC(=O)O1.Cl. The molecule has 6 nitrogen and oxygen atoms in total. The van der Waals surface area contributed by atoms with Crippen LogP contribution in [0.4, 0.5) is 0 Å². The first-order valence-corrected chi connectivity index (χ1v) is 8.26. The molecule has 1 rings (SSSR count). The Bertz CT molecular complexity index is 402. The van der Waals surface area contributed by atoms with Gasteiger partial charge in [-0.1, -0.05) is 32.1 Å². The molecule has 0 spiro atoms. The largest absolute Gasteiger partial charge is 0.461 e. The van der Waals surface area contributed by atoms with Crippen molar-refractivity contribution in [2.45, 2.75) is 70.8 Å². The third-order valence-electron chi connectivity index (χ3n) is 3.83. The molecule has 134 valence electrons. The number of amides is 1. The summed E-state index contributed by atoms with van der Waals surface area (Å²) in [4.78, 5) is 28.8. The van der Waals surface area contributed by atoms with Crippen molar-refractivity contribution >= 4 is 30.2 Å². The zero-order valence-electron chi connectivity index (χ0n) is 14.3. The van der Waals surface area contributed by atoms with Crippen molar-refractivity contribution in [2.24, 2.45) is 10.7 Å². The maximum Gasteiger partial charge on any atom is 0.325 e. The van der Waals surface area contributed by atoms with Crippen molar-refractivity contribution in [1.82, 2.24) is 4.90 Å². The number of carbonyl (C=O) groups is 2. The van der Waals surface area contributed by atoms with E-state index in [1.807, 2.05) is 6.92 Å². The monoisotopic (exact) mass is 347 g/mol. The zero-order chi connectivity index (χ0) is 16.4. The van der Waals surface area contributed by atoms with E-state index >= 15 is 0 Å². The molecule has 0 fully saturated rings. The third-order valence-corrected chi connectivity index (χ3v) is 3.83. The fraction of sp³-hybridized carbons (Fsp3) is 0.812. The van der Waals surface area contributed by atoms with Crippen LogP contribution >= 0.6 is 12.4 Å². The number of hydrogen-bond donors (Lipinski definition) is 1. The molecule has 0 radical (unpaired) electrons. The molecule has 1 heterocycles. The quantitative estimate of drug-likeness (QED) is 0.681. The maximum atomic E-state index is 11.8. The maximum absolute atomic E-state index is 11.8. The molecule has 0 bridgehead atoms. The Labute approximate surface area is 145 Å². The van der Waals surface area contributed by atoms with Crippen LogP contribution in [0.25, 0.3) is 0 Å². The summed E-state index contributed by atoms with van der Waals surface area (Å²) in [6.07, 6.45) is 8.89. The van der Waals surface area contributed by atoms with Gasteiger partial charge in [-0.05, 0) is 26.2 Å². The molecule has 0 aromatic rings. The Hall–Kier alpha value is -1.30. The minimum atomic E-state index is -0.343. The van der Waals surface area contributed by atoms with Crippen molar-refractivity contribution in [3.63, 3.8) is 0 Å². The molecule has 7 heteroatoms. The number of nitrogens with two attached hydrogens (primary N) is 1. The van der Waals surface area contributed by atoms with E-state index < -0.39 is 0 Å². The second kappa shape index (κ2) is 12.2. The summed E-state index contributed by atoms with van der Waals surface area (Å²) in [5.41, 5.74) is 5.74. The summed E-state index contributed by atoms with van der Waals surface area (Å²) in [6.45, 7) is 1.92. The third kappa shape index (κ3) is 10.2. The highest BCUT2D eigenvalue weighted by atomic mass is 35.5. The lowest BCUT2D eigenvalue weighted by molar-refractivity contribution is -0.148. The summed E-state index contributed by atoms with van der Waals surface area (Å²) in [5, 5.41) is 0. The predicted octanol–water partition coefficient (Wildman–Crippen LogP) is 2.64. The molecule has 1 atom stereocenters. The fourth-order valence-electron chi connectivity index (χ4n) is 2.46. The first-order valence-electron chi connectivity index (χ1n) is 8.26. The van der Waals surface area contributed by atoms with Crippen molar-refractivity contribution in [3.05, 3.63) is 0 Å². The number of ether oxygens (including phenoxy) is 1. The molecular weight excluding hydrogens is 318 g/mol. The number of cyclic esters (lactones) is 1. The number of hydrogen-bond acceptors (Lipinski definition) is 5. The minimum absolute atomic E-state index is 0. The lowest BCUT2D eigenvalue weighted by Crippen LogP contribution is -2.39. The summed E-state index contributed by atoms with van der Waals surface area (Å²) in [6, 6.07) is 0. The molecule has 0 saturated heterocycles. The van der Waals surface area contributed by atoms with E-state index in [-0.39, 0.29) is 42.9 Å². The van der Waals surface area contributed by atoms with Gasteiger partial charge >= 0.3 is 5.97 Å². The molecule has 0 saturated carbocycles. The lowest BCUT2D eigenvalue weighted by Gasteiger charge is -2.19. The molecular formula is C16H30ClN3O3. The minimum Gasteiger partial charge on any atom is -0.461 e. The number of rotatable bonds is 0. The van der Waals surface area contributed by atoms with Gasteiger partial charge in [-0.2, -0.15) is 4.99 Å². The van der Waals surface area contributed by atoms with Gasteiger partial charge in [0, 0.05) is 13.5 Å². The molecule has 0 aromatic carbocycles. The number of guanidine groups is 1. The number of likely N-dealkylation sites (N-methyl/N-ethyl adjacent to an activating group) is 1. The van der Waals surface area contributed by atoms with Crippen LogP contribution in [0, 0.1) is 0 Å². The summed E-state index contributed by atoms with van der Waals surface area (Å²) < 4.78 is 5.35. The lowest BCUT2D eigenvalue weighted by atomic mass is 10.1. The van der Waals surface area contributed by atoms with E-state index in [9.17, 15) is 9.59 Å². The van der Waals surface area contributed by atoms with Crippen LogP contribution in [-0.2, 0) is 14.3 Å². The number of esters is 1. The molecule has 1 aliphatic rings. The zero-order valence-corrected chi connectivity index (χ0v) is 15.1. The average molecular weight is 348 g/mol. The van der Waals surface area contributed by atoms with Crippen LogP contribution in [0.1, 0.15) is 64.7 Å². The Morgan fingerprint density at radius 2 is 1.65 bits per heavy atom. The molecule has 0 unspecified atom stereocenters. The van der Waals surface area contributed by atoms with E-state index in [4.69, 9.17) is 10.5 Å². The molecule has 1 amide bonds. The molecule has 1 aliphatic heterocycles. The van der Waals surface area contributed by atoms with Crippen molar-refractivity contribution in [3.8, 4) is 0 Å². The Kier molecular flexibility index (Phi) is 11.5. The Balaban J connectivity index is 0.00000484. The van der Waals surface area contributed by atoms with Gasteiger partial charge in [-0.3, -0.25) is 9.59 Å². The average Bonchev–Trinajstić information content (AvgIpc) is 2.44. The highest BCUT2D eigenvalue weighted by Crippen LogP contribution is 2.12. The van der Waals surface area contributed by atoms with Gasteiger partial charge in [0.05, 0.1) is 6.10 Å². The summed E-state index contributed by atoms with van der Waals surface area (Å²) in [5.74, 6) is -0.501. The van der Waals surface area contributed by atoms with Gasteiger partial charge in [0.25, 0.3) is 0 Å². The fourth-order valence-corrected chi connectivity index (χ4v) is 2.46. The molecule has 0 aromatic heterocycles. The number of aliphatic imine (C=N–C) groups is 1. The normalized spacial score (nSPS) is 23.3. The highest BCUT2D eigenvalue weighted by Gasteiger charge is 2.14. The van der Waals surface area contributed by atoms with Gasteiger partial charge in [-0.25, -0.2) is 0 Å². The van der Waals surface area contributed by atoms with Gasteiger partial charge in [0.1, 0.15) is 6.54 Å². The standard InChI is InChI=1S/C16H29N3O3.ClH/c1-13-10-8-6-4-3-5-7-9-11-14(20)18-16(17)19(2)12-15(21)22-13;/h13H,3-12H2,1-2H3,(H2,17,18,20);1H/t13-;/m1./s1. The van der Waals surface area contributed by atoms with Crippen molar-refractivity contribution in [2.75, 3.05) is 13.6 Å². The Morgan fingerprint density at radius 3 is 2.30 bits per heavy atom. The van der Waals surface area contributed by atoms with Crippen LogP contribution in [0.3, 0.4) is 0 Å². The first kappa shape index (κ1) is 21.7. The van der Waals surface area contributed by atoms with Crippen LogP contribution in [0.5, 0.6) is 0 Å². The van der Waals surface area contributed by atoms with Gasteiger partial charge in [-0.15, -0.1) is 12.4 Å². The van der Waals surface area contributed by atoms with Crippen LogP contribution in [0.2, 0.25) is 0 Å². The topological polar surface area (TPSA) is 85.0 Å². The van der Waals surface area contributed by atoms with Crippen LogP contribution in [0.15, 0.2) is 4.99 Å². The number of halogens is 1. The first-order chi connectivity index (χ1) is 10.5. The van der Waals surface area contributed by atoms with E-state index in [2.05, 4.69) is 4.99 Å². The van der Waals surface area contributed by atoms with E-state index in [0.29, 0.717) is 6.42 Å². The predicted molar refractivity (Wildman–Crippen MR) is 93.6 cm³/mol. The smallest absolute Gasteiger partial charge is 0.325 e. The van der Waals surface area contributed by atoms with Gasteiger partial charge < -0.3 is 15.4 Å². The Morgan fingerprint density at radius 1 is 1.09 bits per heavy atom.